The van der Waals surface area contributed by atoms with Gasteiger partial charge < -0.3 is 10.6 Å². The van der Waals surface area contributed by atoms with Crippen LogP contribution in [0.2, 0.25) is 0 Å². The lowest BCUT2D eigenvalue weighted by atomic mass is 10.1. The number of anilines is 2. The van der Waals surface area contributed by atoms with Gasteiger partial charge in [0.05, 0.1) is 0 Å². The molecule has 1 aromatic carbocycles. The summed E-state index contributed by atoms with van der Waals surface area (Å²) in [6.45, 7) is 4.02. The SMILES string of the molecule is CCCCNc1nccc(NCCCc2ccccc2)n1. The van der Waals surface area contributed by atoms with Crippen molar-refractivity contribution in [2.45, 2.75) is 32.6 Å². The molecule has 0 unspecified atom stereocenters. The molecule has 0 fully saturated rings. The van der Waals surface area contributed by atoms with Gasteiger partial charge in [-0.2, -0.15) is 4.98 Å². The zero-order valence-corrected chi connectivity index (χ0v) is 12.7. The van der Waals surface area contributed by atoms with Gasteiger partial charge in [-0.15, -0.1) is 0 Å². The Labute approximate surface area is 127 Å². The van der Waals surface area contributed by atoms with Crippen LogP contribution in [0.5, 0.6) is 0 Å². The summed E-state index contributed by atoms with van der Waals surface area (Å²) in [6.07, 6.45) is 6.27. The van der Waals surface area contributed by atoms with Crippen molar-refractivity contribution in [3.8, 4) is 0 Å². The molecule has 0 spiro atoms. The Bertz CT molecular complexity index is 513. The molecular weight excluding hydrogens is 260 g/mol. The van der Waals surface area contributed by atoms with Crippen LogP contribution in [0.4, 0.5) is 11.8 Å². The van der Waals surface area contributed by atoms with Gasteiger partial charge in [-0.05, 0) is 30.9 Å². The predicted octanol–water partition coefficient (Wildman–Crippen LogP) is 3.73. The topological polar surface area (TPSA) is 49.8 Å². The summed E-state index contributed by atoms with van der Waals surface area (Å²) in [5, 5.41) is 6.59. The van der Waals surface area contributed by atoms with E-state index in [0.717, 1.165) is 38.2 Å². The second-order valence-electron chi connectivity index (χ2n) is 5.06. The number of aromatic nitrogens is 2. The van der Waals surface area contributed by atoms with Crippen molar-refractivity contribution < 1.29 is 0 Å². The molecule has 4 heteroatoms. The zero-order chi connectivity index (χ0) is 14.8. The number of unbranched alkanes of at least 4 members (excludes halogenated alkanes) is 1. The van der Waals surface area contributed by atoms with Crippen molar-refractivity contribution in [3.63, 3.8) is 0 Å². The minimum absolute atomic E-state index is 0.705. The maximum atomic E-state index is 4.46. The van der Waals surface area contributed by atoms with E-state index in [1.165, 1.54) is 12.0 Å². The summed E-state index contributed by atoms with van der Waals surface area (Å²) in [5.74, 6) is 1.59. The van der Waals surface area contributed by atoms with E-state index in [1.807, 2.05) is 6.07 Å². The second kappa shape index (κ2) is 8.95. The Morgan fingerprint density at radius 3 is 2.57 bits per heavy atom. The van der Waals surface area contributed by atoms with Crippen LogP contribution in [0.3, 0.4) is 0 Å². The Balaban J connectivity index is 1.71. The van der Waals surface area contributed by atoms with Crippen LogP contribution < -0.4 is 10.6 Å². The number of hydrogen-bond donors (Lipinski definition) is 2. The molecule has 0 aliphatic carbocycles. The van der Waals surface area contributed by atoms with Crippen LogP contribution in [0, 0.1) is 0 Å². The Hall–Kier alpha value is -2.10. The van der Waals surface area contributed by atoms with Gasteiger partial charge in [0.15, 0.2) is 0 Å². The number of rotatable bonds is 9. The van der Waals surface area contributed by atoms with E-state index in [4.69, 9.17) is 0 Å². The first-order valence-corrected chi connectivity index (χ1v) is 7.73. The molecule has 0 saturated carbocycles. The van der Waals surface area contributed by atoms with Crippen molar-refractivity contribution >= 4 is 11.8 Å². The molecule has 112 valence electrons. The smallest absolute Gasteiger partial charge is 0.224 e. The Kier molecular flexibility index (Phi) is 6.52. The summed E-state index contributed by atoms with van der Waals surface area (Å²) >= 11 is 0. The number of hydrogen-bond acceptors (Lipinski definition) is 4. The minimum Gasteiger partial charge on any atom is -0.370 e. The molecule has 4 nitrogen and oxygen atoms in total. The normalized spacial score (nSPS) is 10.3. The fraction of sp³-hybridized carbons (Fsp3) is 0.412. The minimum atomic E-state index is 0.705. The molecule has 1 heterocycles. The van der Waals surface area contributed by atoms with Crippen molar-refractivity contribution in [3.05, 3.63) is 48.2 Å². The highest BCUT2D eigenvalue weighted by Crippen LogP contribution is 2.07. The van der Waals surface area contributed by atoms with E-state index in [2.05, 4.69) is 57.9 Å². The first-order valence-electron chi connectivity index (χ1n) is 7.73. The molecule has 0 bridgehead atoms. The lowest BCUT2D eigenvalue weighted by Gasteiger charge is -2.08. The zero-order valence-electron chi connectivity index (χ0n) is 12.7. The van der Waals surface area contributed by atoms with Gasteiger partial charge in [0.2, 0.25) is 5.95 Å². The van der Waals surface area contributed by atoms with Crippen LogP contribution in [-0.2, 0) is 6.42 Å². The average Bonchev–Trinajstić information content (AvgIpc) is 2.53. The first kappa shape index (κ1) is 15.3. The fourth-order valence-electron chi connectivity index (χ4n) is 2.07. The van der Waals surface area contributed by atoms with E-state index in [9.17, 15) is 0 Å². The van der Waals surface area contributed by atoms with Gasteiger partial charge in [0.25, 0.3) is 0 Å². The fourth-order valence-corrected chi connectivity index (χ4v) is 2.07. The predicted molar refractivity (Wildman–Crippen MR) is 88.7 cm³/mol. The van der Waals surface area contributed by atoms with Crippen molar-refractivity contribution in [2.75, 3.05) is 23.7 Å². The van der Waals surface area contributed by atoms with Gasteiger partial charge in [-0.1, -0.05) is 43.7 Å². The van der Waals surface area contributed by atoms with E-state index < -0.39 is 0 Å². The molecule has 0 atom stereocenters. The van der Waals surface area contributed by atoms with Crippen LogP contribution in [-0.4, -0.2) is 23.1 Å². The summed E-state index contributed by atoms with van der Waals surface area (Å²) < 4.78 is 0. The van der Waals surface area contributed by atoms with Crippen LogP contribution in [0.15, 0.2) is 42.6 Å². The lowest BCUT2D eigenvalue weighted by Crippen LogP contribution is -2.08. The molecule has 0 aliphatic heterocycles. The van der Waals surface area contributed by atoms with Crippen LogP contribution in [0.25, 0.3) is 0 Å². The van der Waals surface area contributed by atoms with Gasteiger partial charge in [0, 0.05) is 19.3 Å². The first-order chi connectivity index (χ1) is 10.4. The molecule has 1 aromatic heterocycles. The summed E-state index contributed by atoms with van der Waals surface area (Å²) in [7, 11) is 0. The molecule has 2 aromatic rings. The van der Waals surface area contributed by atoms with Gasteiger partial charge >= 0.3 is 0 Å². The van der Waals surface area contributed by atoms with Gasteiger partial charge in [-0.3, -0.25) is 0 Å². The van der Waals surface area contributed by atoms with Gasteiger partial charge in [-0.25, -0.2) is 4.98 Å². The van der Waals surface area contributed by atoms with Crippen molar-refractivity contribution in [1.82, 2.24) is 9.97 Å². The monoisotopic (exact) mass is 284 g/mol. The summed E-state index contributed by atoms with van der Waals surface area (Å²) in [4.78, 5) is 8.68. The quantitative estimate of drug-likeness (QED) is 0.689. The van der Waals surface area contributed by atoms with Crippen molar-refractivity contribution in [1.29, 1.82) is 0 Å². The molecule has 0 radical (unpaired) electrons. The largest absolute Gasteiger partial charge is 0.370 e. The van der Waals surface area contributed by atoms with Gasteiger partial charge in [0.1, 0.15) is 5.82 Å². The maximum absolute atomic E-state index is 4.46. The molecular formula is C17H24N4. The van der Waals surface area contributed by atoms with Crippen LogP contribution >= 0.6 is 0 Å². The van der Waals surface area contributed by atoms with E-state index in [-0.39, 0.29) is 0 Å². The highest BCUT2D eigenvalue weighted by Gasteiger charge is 1.98. The third-order valence-corrected chi connectivity index (χ3v) is 3.26. The Morgan fingerprint density at radius 1 is 0.952 bits per heavy atom. The molecule has 2 N–H and O–H groups in total. The molecule has 0 aliphatic rings. The third kappa shape index (κ3) is 5.81. The number of benzene rings is 1. The standard InChI is InChI=1S/C17H24N4/c1-2-3-12-19-17-20-14-11-16(21-17)18-13-7-10-15-8-5-4-6-9-15/h4-6,8-9,11,14H,2-3,7,10,12-13H2,1H3,(H2,18,19,20,21). The number of aryl methyl sites for hydroxylation is 1. The molecule has 0 saturated heterocycles. The summed E-state index contributed by atoms with van der Waals surface area (Å²) in [5.41, 5.74) is 1.38. The highest BCUT2D eigenvalue weighted by atomic mass is 15.1. The third-order valence-electron chi connectivity index (χ3n) is 3.26. The van der Waals surface area contributed by atoms with E-state index in [0.29, 0.717) is 5.95 Å². The second-order valence-corrected chi connectivity index (χ2v) is 5.06. The molecule has 21 heavy (non-hydrogen) atoms. The van der Waals surface area contributed by atoms with Crippen molar-refractivity contribution in [2.24, 2.45) is 0 Å². The lowest BCUT2D eigenvalue weighted by molar-refractivity contribution is 0.825. The van der Waals surface area contributed by atoms with E-state index in [1.54, 1.807) is 6.20 Å². The van der Waals surface area contributed by atoms with Crippen LogP contribution in [0.1, 0.15) is 31.7 Å². The summed E-state index contributed by atoms with van der Waals surface area (Å²) in [6, 6.07) is 12.5. The molecule has 0 amide bonds. The number of nitrogens with zero attached hydrogens (tertiary/aromatic N) is 2. The highest BCUT2D eigenvalue weighted by molar-refractivity contribution is 5.39. The molecule has 2 rings (SSSR count). The Morgan fingerprint density at radius 2 is 1.76 bits per heavy atom. The average molecular weight is 284 g/mol. The number of nitrogens with one attached hydrogen (secondary N) is 2. The van der Waals surface area contributed by atoms with E-state index >= 15 is 0 Å². The maximum Gasteiger partial charge on any atom is 0.224 e.